The predicted molar refractivity (Wildman–Crippen MR) is 117 cm³/mol. The average molecular weight is 457 g/mol. The third-order valence-corrected chi connectivity index (χ3v) is 7.77. The number of hydrogen-bond donors (Lipinski definition) is 2. The first kappa shape index (κ1) is 22.2. The number of fused-ring (bicyclic) bond motifs is 1. The molecule has 3 aromatic rings. The second-order valence-corrected chi connectivity index (χ2v) is 9.86. The quantitative estimate of drug-likeness (QED) is 0.415. The Labute approximate surface area is 186 Å². The summed E-state index contributed by atoms with van der Waals surface area (Å²) in [5, 5.41) is 11.2. The lowest BCUT2D eigenvalue weighted by molar-refractivity contribution is -0.143. The monoisotopic (exact) mass is 456 g/mol. The van der Waals surface area contributed by atoms with Gasteiger partial charge in [0.05, 0.1) is 16.1 Å². The Kier molecular flexibility index (Phi) is 6.40. The van der Waals surface area contributed by atoms with Crippen molar-refractivity contribution in [2.24, 2.45) is 5.41 Å². The number of carbonyl (C=O) groups is 1. The number of pyridine rings is 1. The van der Waals surface area contributed by atoms with E-state index < -0.39 is 26.9 Å². The Morgan fingerprint density at radius 2 is 1.88 bits per heavy atom. The van der Waals surface area contributed by atoms with Crippen molar-refractivity contribution < 1.29 is 27.9 Å². The van der Waals surface area contributed by atoms with Crippen molar-refractivity contribution in [1.29, 1.82) is 0 Å². The number of nitrogens with zero attached hydrogens (tertiary/aromatic N) is 1. The molecule has 168 valence electrons. The lowest BCUT2D eigenvalue weighted by Gasteiger charge is -2.34. The maximum atomic E-state index is 13.0. The molecule has 0 bridgehead atoms. The molecule has 0 aliphatic carbocycles. The summed E-state index contributed by atoms with van der Waals surface area (Å²) in [6.45, 7) is 0.854. The highest BCUT2D eigenvalue weighted by Crippen LogP contribution is 2.34. The smallest absolute Gasteiger partial charge is 0.250 e. The van der Waals surface area contributed by atoms with Crippen molar-refractivity contribution in [3.63, 3.8) is 0 Å². The highest BCUT2D eigenvalue weighted by atomic mass is 32.2. The first-order valence-electron chi connectivity index (χ1n) is 10.2. The Morgan fingerprint density at radius 1 is 1.12 bits per heavy atom. The van der Waals surface area contributed by atoms with Crippen molar-refractivity contribution in [2.75, 3.05) is 19.0 Å². The number of carbonyl (C=O) groups excluding carboxylic acids is 1. The molecule has 2 aromatic carbocycles. The topological polar surface area (TPSA) is 115 Å². The van der Waals surface area contributed by atoms with E-state index in [9.17, 15) is 13.2 Å². The highest BCUT2D eigenvalue weighted by Gasteiger charge is 2.44. The van der Waals surface area contributed by atoms with Gasteiger partial charge in [0.2, 0.25) is 0 Å². The molecule has 1 amide bonds. The molecule has 1 aliphatic rings. The van der Waals surface area contributed by atoms with Crippen LogP contribution in [0.1, 0.15) is 18.4 Å². The highest BCUT2D eigenvalue weighted by molar-refractivity contribution is 7.91. The van der Waals surface area contributed by atoms with Crippen LogP contribution in [0.25, 0.3) is 10.8 Å². The minimum absolute atomic E-state index is 0.0951. The molecule has 1 saturated heterocycles. The van der Waals surface area contributed by atoms with Gasteiger partial charge < -0.3 is 9.47 Å². The molecule has 32 heavy (non-hydrogen) atoms. The van der Waals surface area contributed by atoms with E-state index in [4.69, 9.17) is 14.7 Å². The van der Waals surface area contributed by atoms with Crippen molar-refractivity contribution in [3.8, 4) is 5.75 Å². The van der Waals surface area contributed by atoms with Gasteiger partial charge in [-0.2, -0.15) is 0 Å². The Hall–Kier alpha value is -3.01. The number of nitrogens with one attached hydrogen (secondary N) is 1. The summed E-state index contributed by atoms with van der Waals surface area (Å²) in [5.41, 5.74) is 1.40. The number of benzene rings is 2. The van der Waals surface area contributed by atoms with Crippen LogP contribution in [0.15, 0.2) is 65.8 Å². The van der Waals surface area contributed by atoms with Crippen LogP contribution in [0, 0.1) is 5.41 Å². The molecule has 2 heterocycles. The van der Waals surface area contributed by atoms with Crippen molar-refractivity contribution in [3.05, 3.63) is 66.5 Å². The van der Waals surface area contributed by atoms with Gasteiger partial charge in [0.25, 0.3) is 5.91 Å². The zero-order valence-electron chi connectivity index (χ0n) is 17.4. The number of amides is 1. The van der Waals surface area contributed by atoms with Gasteiger partial charge in [-0.05, 0) is 54.1 Å². The van der Waals surface area contributed by atoms with Crippen molar-refractivity contribution >= 4 is 26.5 Å². The zero-order chi connectivity index (χ0) is 22.6. The molecule has 4 rings (SSSR count). The summed E-state index contributed by atoms with van der Waals surface area (Å²) in [7, 11) is -3.78. The standard InChI is InChI=1S/C23H24N2O6S/c26-22(25-27)23(9-12-30-13-10-23)16-32(28,29)20-6-4-19(5-7-20)31-15-18-3-1-2-17-14-24-11-8-21(17)18/h1-8,11,14,27H,9-10,12-13,15-16H2,(H,25,26). The Balaban J connectivity index is 1.48. The van der Waals surface area contributed by atoms with Gasteiger partial charge in [-0.25, -0.2) is 13.9 Å². The lowest BCUT2D eigenvalue weighted by Crippen LogP contribution is -2.47. The molecule has 0 radical (unpaired) electrons. The molecule has 1 aromatic heterocycles. The van der Waals surface area contributed by atoms with Gasteiger partial charge in [-0.3, -0.25) is 15.0 Å². The largest absolute Gasteiger partial charge is 0.489 e. The number of ether oxygens (including phenoxy) is 2. The fourth-order valence-electron chi connectivity index (χ4n) is 3.98. The molecule has 9 heteroatoms. The van der Waals surface area contributed by atoms with E-state index in [-0.39, 0.29) is 31.0 Å². The first-order valence-corrected chi connectivity index (χ1v) is 11.9. The van der Waals surface area contributed by atoms with E-state index in [0.29, 0.717) is 12.4 Å². The minimum atomic E-state index is -3.78. The molecule has 8 nitrogen and oxygen atoms in total. The zero-order valence-corrected chi connectivity index (χ0v) is 18.2. The van der Waals surface area contributed by atoms with E-state index in [1.165, 1.54) is 12.1 Å². The van der Waals surface area contributed by atoms with Crippen LogP contribution in [-0.2, 0) is 26.0 Å². The van der Waals surface area contributed by atoms with Gasteiger partial charge in [-0.1, -0.05) is 18.2 Å². The Morgan fingerprint density at radius 3 is 2.59 bits per heavy atom. The maximum Gasteiger partial charge on any atom is 0.250 e. The fourth-order valence-corrected chi connectivity index (χ4v) is 5.85. The maximum absolute atomic E-state index is 13.0. The van der Waals surface area contributed by atoms with E-state index in [2.05, 4.69) is 4.98 Å². The Bertz CT molecular complexity index is 1200. The number of rotatable bonds is 7. The molecule has 0 atom stereocenters. The van der Waals surface area contributed by atoms with Gasteiger partial charge in [0, 0.05) is 31.0 Å². The van der Waals surface area contributed by atoms with Crippen molar-refractivity contribution in [1.82, 2.24) is 10.5 Å². The van der Waals surface area contributed by atoms with E-state index >= 15 is 0 Å². The van der Waals surface area contributed by atoms with Crippen LogP contribution in [-0.4, -0.2) is 43.5 Å². The van der Waals surface area contributed by atoms with Gasteiger partial charge in [0.15, 0.2) is 9.84 Å². The second kappa shape index (κ2) is 9.23. The molecule has 2 N–H and O–H groups in total. The molecule has 1 aliphatic heterocycles. The molecular weight excluding hydrogens is 432 g/mol. The third-order valence-electron chi connectivity index (χ3n) is 5.85. The van der Waals surface area contributed by atoms with Crippen LogP contribution in [0.4, 0.5) is 0 Å². The van der Waals surface area contributed by atoms with E-state index in [0.717, 1.165) is 16.3 Å². The number of sulfone groups is 1. The summed E-state index contributed by atoms with van der Waals surface area (Å²) >= 11 is 0. The predicted octanol–water partition coefficient (Wildman–Crippen LogP) is 2.89. The third kappa shape index (κ3) is 4.59. The molecule has 1 fully saturated rings. The summed E-state index contributed by atoms with van der Waals surface area (Å²) in [6, 6.07) is 14.0. The molecule has 0 unspecified atom stereocenters. The summed E-state index contributed by atoms with van der Waals surface area (Å²) in [6.07, 6.45) is 3.97. The van der Waals surface area contributed by atoms with Gasteiger partial charge in [-0.15, -0.1) is 0 Å². The van der Waals surface area contributed by atoms with Crippen LogP contribution in [0.3, 0.4) is 0 Å². The van der Waals surface area contributed by atoms with Gasteiger partial charge >= 0.3 is 0 Å². The first-order chi connectivity index (χ1) is 15.4. The SMILES string of the molecule is O=C(NO)C1(CS(=O)(=O)c2ccc(OCc3cccc4cnccc34)cc2)CCOCC1. The molecular formula is C23H24N2O6S. The van der Waals surface area contributed by atoms with E-state index in [1.54, 1.807) is 30.0 Å². The number of hydrogen-bond acceptors (Lipinski definition) is 7. The minimum Gasteiger partial charge on any atom is -0.489 e. The number of aromatic nitrogens is 1. The van der Waals surface area contributed by atoms with Crippen LogP contribution in [0.2, 0.25) is 0 Å². The van der Waals surface area contributed by atoms with Crippen LogP contribution < -0.4 is 10.2 Å². The number of hydroxylamine groups is 1. The van der Waals surface area contributed by atoms with Gasteiger partial charge in [0.1, 0.15) is 12.4 Å². The molecule has 0 spiro atoms. The lowest BCUT2D eigenvalue weighted by atomic mass is 9.81. The summed E-state index contributed by atoms with van der Waals surface area (Å²) < 4.78 is 37.2. The van der Waals surface area contributed by atoms with Crippen molar-refractivity contribution in [2.45, 2.75) is 24.3 Å². The van der Waals surface area contributed by atoms with Crippen LogP contribution in [0.5, 0.6) is 5.75 Å². The summed E-state index contributed by atoms with van der Waals surface area (Å²) in [5.74, 6) is -0.571. The molecule has 0 saturated carbocycles. The fraction of sp³-hybridized carbons (Fsp3) is 0.304. The van der Waals surface area contributed by atoms with Crippen LogP contribution >= 0.6 is 0 Å². The van der Waals surface area contributed by atoms with E-state index in [1.807, 2.05) is 24.3 Å². The second-order valence-electron chi connectivity index (χ2n) is 7.87. The normalized spacial score (nSPS) is 15.9. The summed E-state index contributed by atoms with van der Waals surface area (Å²) in [4.78, 5) is 16.5. The average Bonchev–Trinajstić information content (AvgIpc) is 2.82.